The molecule has 0 aliphatic carbocycles. The van der Waals surface area contributed by atoms with Crippen LogP contribution in [0.15, 0.2) is 42.5 Å². The first-order valence-corrected chi connectivity index (χ1v) is 10.6. The van der Waals surface area contributed by atoms with Crippen molar-refractivity contribution in [1.82, 2.24) is 0 Å². The number of nitrogens with one attached hydrogen (secondary N) is 1. The Kier molecular flexibility index (Phi) is 5.02. The fraction of sp³-hybridized carbons (Fsp3) is 0.391. The Hall–Kier alpha value is -2.77. The Morgan fingerprint density at radius 3 is 2.68 bits per heavy atom. The summed E-state index contributed by atoms with van der Waals surface area (Å²) in [5.41, 5.74) is 2.83. The highest BCUT2D eigenvalue weighted by molar-refractivity contribution is 6.30. The molecular weight excluding hydrogens is 422 g/mol. The SMILES string of the molecule is CC(=O)OC[C@H]1O[C@@H]2c3cc(Cl)ccc3N[C@@H]3c4ccccc4O[C@@H]([C@@H]1OC(C)=O)[C@@H]32. The molecule has 0 spiro atoms. The van der Waals surface area contributed by atoms with E-state index >= 15 is 0 Å². The summed E-state index contributed by atoms with van der Waals surface area (Å²) in [6, 6.07) is 13.3. The maximum absolute atomic E-state index is 11.9. The topological polar surface area (TPSA) is 83.1 Å². The summed E-state index contributed by atoms with van der Waals surface area (Å²) in [7, 11) is 0. The molecule has 5 rings (SSSR count). The molecule has 2 aromatic rings. The zero-order chi connectivity index (χ0) is 21.7. The van der Waals surface area contributed by atoms with Gasteiger partial charge in [0, 0.05) is 35.7 Å². The number of ether oxygens (including phenoxy) is 4. The third kappa shape index (κ3) is 3.51. The molecule has 2 aromatic carbocycles. The largest absolute Gasteiger partial charge is 0.486 e. The van der Waals surface area contributed by atoms with Gasteiger partial charge < -0.3 is 24.3 Å². The zero-order valence-electron chi connectivity index (χ0n) is 17.0. The molecule has 1 N–H and O–H groups in total. The molecule has 7 nitrogen and oxygen atoms in total. The average Bonchev–Trinajstić information content (AvgIpc) is 2.74. The third-order valence-electron chi connectivity index (χ3n) is 6.03. The lowest BCUT2D eigenvalue weighted by molar-refractivity contribution is -0.229. The minimum absolute atomic E-state index is 0.0496. The number of carbonyl (C=O) groups is 2. The van der Waals surface area contributed by atoms with Crippen molar-refractivity contribution in [2.75, 3.05) is 11.9 Å². The Bertz CT molecular complexity index is 1040. The molecule has 3 heterocycles. The fourth-order valence-electron chi connectivity index (χ4n) is 4.86. The predicted molar refractivity (Wildman–Crippen MR) is 112 cm³/mol. The number of anilines is 1. The van der Waals surface area contributed by atoms with E-state index in [1.807, 2.05) is 42.5 Å². The second-order valence-corrected chi connectivity index (χ2v) is 8.46. The van der Waals surface area contributed by atoms with Crippen LogP contribution in [0.3, 0.4) is 0 Å². The maximum Gasteiger partial charge on any atom is 0.303 e. The minimum atomic E-state index is -0.739. The van der Waals surface area contributed by atoms with Gasteiger partial charge in [-0.25, -0.2) is 0 Å². The first-order chi connectivity index (χ1) is 14.9. The summed E-state index contributed by atoms with van der Waals surface area (Å²) in [6.45, 7) is 2.62. The van der Waals surface area contributed by atoms with Gasteiger partial charge in [-0.05, 0) is 24.3 Å². The lowest BCUT2D eigenvalue weighted by Crippen LogP contribution is -2.61. The molecule has 3 aliphatic heterocycles. The van der Waals surface area contributed by atoms with Crippen LogP contribution in [-0.2, 0) is 23.8 Å². The standard InChI is InChI=1S/C23H22ClNO6/c1-11(26)28-10-18-22(29-12(2)27)23-19-20(14-5-3-4-6-17(14)30-23)25-16-8-7-13(24)9-15(16)21(19)31-18/h3-9,18-23,25H,10H2,1-2H3/t18-,19+,20-,21-,22-,23-/m1/s1. The molecule has 0 aromatic heterocycles. The van der Waals surface area contributed by atoms with E-state index in [0.717, 1.165) is 22.6 Å². The summed E-state index contributed by atoms with van der Waals surface area (Å²) in [6.07, 6.45) is -2.31. The van der Waals surface area contributed by atoms with Gasteiger partial charge in [0.05, 0.1) is 18.1 Å². The lowest BCUT2D eigenvalue weighted by Gasteiger charge is -2.53. The molecule has 8 heteroatoms. The van der Waals surface area contributed by atoms with Gasteiger partial charge in [0.25, 0.3) is 0 Å². The summed E-state index contributed by atoms with van der Waals surface area (Å²) >= 11 is 6.29. The number of halogens is 1. The summed E-state index contributed by atoms with van der Waals surface area (Å²) in [5.74, 6) is -0.346. The van der Waals surface area contributed by atoms with Crippen molar-refractivity contribution in [1.29, 1.82) is 0 Å². The van der Waals surface area contributed by atoms with E-state index in [4.69, 9.17) is 30.5 Å². The van der Waals surface area contributed by atoms with Gasteiger partial charge in [-0.1, -0.05) is 29.8 Å². The highest BCUT2D eigenvalue weighted by Gasteiger charge is 2.57. The van der Waals surface area contributed by atoms with Crippen molar-refractivity contribution in [3.05, 3.63) is 58.6 Å². The highest BCUT2D eigenvalue weighted by Crippen LogP contribution is 2.55. The molecule has 0 unspecified atom stereocenters. The second kappa shape index (κ2) is 7.73. The van der Waals surface area contributed by atoms with Gasteiger partial charge >= 0.3 is 11.9 Å². The van der Waals surface area contributed by atoms with E-state index < -0.39 is 30.3 Å². The van der Waals surface area contributed by atoms with E-state index in [9.17, 15) is 9.59 Å². The van der Waals surface area contributed by atoms with Crippen LogP contribution in [0.25, 0.3) is 0 Å². The number of hydrogen-bond donors (Lipinski definition) is 1. The molecule has 3 aliphatic rings. The van der Waals surface area contributed by atoms with Crippen molar-refractivity contribution in [2.45, 2.75) is 44.3 Å². The monoisotopic (exact) mass is 443 g/mol. The first-order valence-electron chi connectivity index (χ1n) is 10.2. The van der Waals surface area contributed by atoms with Gasteiger partial charge in [0.1, 0.15) is 24.6 Å². The molecule has 162 valence electrons. The van der Waals surface area contributed by atoms with Crippen LogP contribution >= 0.6 is 11.6 Å². The minimum Gasteiger partial charge on any atom is -0.486 e. The summed E-state index contributed by atoms with van der Waals surface area (Å²) < 4.78 is 23.8. The fourth-order valence-corrected chi connectivity index (χ4v) is 5.04. The number of esters is 2. The van der Waals surface area contributed by atoms with Gasteiger partial charge in [-0.3, -0.25) is 9.59 Å². The Morgan fingerprint density at radius 1 is 1.10 bits per heavy atom. The maximum atomic E-state index is 11.9. The molecule has 1 fully saturated rings. The molecule has 6 atom stereocenters. The highest BCUT2D eigenvalue weighted by atomic mass is 35.5. The number of para-hydroxylation sites is 1. The predicted octanol–water partition coefficient (Wildman–Crippen LogP) is 3.82. The van der Waals surface area contributed by atoms with Crippen LogP contribution in [0.1, 0.15) is 37.1 Å². The number of hydrogen-bond acceptors (Lipinski definition) is 7. The number of rotatable bonds is 3. The molecule has 1 saturated heterocycles. The Labute approximate surface area is 184 Å². The van der Waals surface area contributed by atoms with Crippen LogP contribution in [0.4, 0.5) is 5.69 Å². The first kappa shape index (κ1) is 20.2. The van der Waals surface area contributed by atoms with Crippen LogP contribution in [0.5, 0.6) is 5.75 Å². The summed E-state index contributed by atoms with van der Waals surface area (Å²) in [4.78, 5) is 23.4. The van der Waals surface area contributed by atoms with E-state index in [-0.39, 0.29) is 24.7 Å². The zero-order valence-corrected chi connectivity index (χ0v) is 17.8. The Balaban J connectivity index is 1.63. The third-order valence-corrected chi connectivity index (χ3v) is 6.26. The van der Waals surface area contributed by atoms with Crippen LogP contribution in [0.2, 0.25) is 5.02 Å². The molecular formula is C23H22ClNO6. The van der Waals surface area contributed by atoms with E-state index in [2.05, 4.69) is 5.32 Å². The van der Waals surface area contributed by atoms with Gasteiger partial charge in [-0.2, -0.15) is 0 Å². The molecule has 31 heavy (non-hydrogen) atoms. The number of carbonyl (C=O) groups excluding carboxylic acids is 2. The number of benzene rings is 2. The van der Waals surface area contributed by atoms with Crippen LogP contribution in [0, 0.1) is 5.92 Å². The second-order valence-electron chi connectivity index (χ2n) is 8.02. The van der Waals surface area contributed by atoms with Crippen molar-refractivity contribution in [2.24, 2.45) is 5.92 Å². The Morgan fingerprint density at radius 2 is 1.90 bits per heavy atom. The van der Waals surface area contributed by atoms with E-state index in [1.165, 1.54) is 13.8 Å². The normalized spacial score (nSPS) is 29.9. The van der Waals surface area contributed by atoms with Crippen molar-refractivity contribution >= 4 is 29.2 Å². The van der Waals surface area contributed by atoms with Crippen molar-refractivity contribution < 1.29 is 28.5 Å². The smallest absolute Gasteiger partial charge is 0.303 e. The molecule has 0 radical (unpaired) electrons. The van der Waals surface area contributed by atoms with E-state index in [0.29, 0.717) is 5.02 Å². The molecule has 0 amide bonds. The lowest BCUT2D eigenvalue weighted by atomic mass is 9.72. The van der Waals surface area contributed by atoms with Crippen LogP contribution in [-0.4, -0.2) is 36.9 Å². The van der Waals surface area contributed by atoms with Gasteiger partial charge in [0.2, 0.25) is 0 Å². The van der Waals surface area contributed by atoms with Crippen LogP contribution < -0.4 is 10.1 Å². The quantitative estimate of drug-likeness (QED) is 0.722. The number of fused-ring (bicyclic) bond motifs is 4. The molecule has 0 bridgehead atoms. The van der Waals surface area contributed by atoms with Crippen molar-refractivity contribution in [3.8, 4) is 5.75 Å². The summed E-state index contributed by atoms with van der Waals surface area (Å²) in [5, 5.41) is 4.20. The van der Waals surface area contributed by atoms with Crippen molar-refractivity contribution in [3.63, 3.8) is 0 Å². The average molecular weight is 444 g/mol. The van der Waals surface area contributed by atoms with Gasteiger partial charge in [-0.15, -0.1) is 0 Å². The molecule has 0 saturated carbocycles. The van der Waals surface area contributed by atoms with Gasteiger partial charge in [0.15, 0.2) is 6.10 Å². The van der Waals surface area contributed by atoms with E-state index in [1.54, 1.807) is 0 Å².